The fourth-order valence-electron chi connectivity index (χ4n) is 7.65. The van der Waals surface area contributed by atoms with E-state index >= 15 is 0 Å². The summed E-state index contributed by atoms with van der Waals surface area (Å²) in [6.45, 7) is 13.5. The summed E-state index contributed by atoms with van der Waals surface area (Å²) in [4.78, 5) is 0. The molecule has 0 spiro atoms. The second-order valence-corrected chi connectivity index (χ2v) is 16.8. The highest BCUT2D eigenvalue weighted by molar-refractivity contribution is 6.04. The maximum absolute atomic E-state index is 5.21. The summed E-state index contributed by atoms with van der Waals surface area (Å²) in [5.74, 6) is 0. The van der Waals surface area contributed by atoms with E-state index < -0.39 is 0 Å². The number of rotatable bonds is 7. The number of anilines is 2. The van der Waals surface area contributed by atoms with Crippen LogP contribution >= 0.6 is 0 Å². The van der Waals surface area contributed by atoms with E-state index in [1.807, 2.05) is 0 Å². The molecule has 0 aromatic heterocycles. The molecule has 0 aliphatic carbocycles. The Morgan fingerprint density at radius 1 is 0.389 bits per heavy atom. The smallest absolute Gasteiger partial charge is 0.0831 e. The van der Waals surface area contributed by atoms with Gasteiger partial charge in [0, 0.05) is 12.8 Å². The normalized spacial score (nSPS) is 17.4. The number of benzene rings is 6. The van der Waals surface area contributed by atoms with Gasteiger partial charge in [0.05, 0.1) is 34.9 Å². The lowest BCUT2D eigenvalue weighted by Crippen LogP contribution is -2.18. The van der Waals surface area contributed by atoms with Crippen LogP contribution in [0.4, 0.5) is 11.4 Å². The molecule has 54 heavy (non-hydrogen) atoms. The molecule has 2 aliphatic rings. The number of hydrogen-bond acceptors (Lipinski definition) is 4. The van der Waals surface area contributed by atoms with Crippen LogP contribution in [0.15, 0.2) is 168 Å². The predicted molar refractivity (Wildman–Crippen MR) is 228 cm³/mol. The van der Waals surface area contributed by atoms with Crippen LogP contribution in [0.3, 0.4) is 0 Å². The van der Waals surface area contributed by atoms with Crippen LogP contribution in [0.1, 0.15) is 99.8 Å². The van der Waals surface area contributed by atoms with Gasteiger partial charge in [-0.05, 0) is 79.6 Å². The summed E-state index contributed by atoms with van der Waals surface area (Å²) in [5, 5.41) is 14.8. The van der Waals surface area contributed by atoms with E-state index in [1.54, 1.807) is 0 Å². The molecule has 2 unspecified atom stereocenters. The molecule has 0 bridgehead atoms. The van der Waals surface area contributed by atoms with Crippen LogP contribution in [-0.4, -0.2) is 11.4 Å². The van der Waals surface area contributed by atoms with Crippen LogP contribution in [0.25, 0.3) is 11.1 Å². The van der Waals surface area contributed by atoms with Gasteiger partial charge in [-0.3, -0.25) is 10.0 Å². The third kappa shape index (κ3) is 7.26. The first-order chi connectivity index (χ1) is 26.0. The van der Waals surface area contributed by atoms with E-state index in [0.717, 1.165) is 35.6 Å². The molecule has 0 radical (unpaired) electrons. The fourth-order valence-corrected chi connectivity index (χ4v) is 7.65. The van der Waals surface area contributed by atoms with Crippen LogP contribution in [-0.2, 0) is 10.8 Å². The Hall–Kier alpha value is -5.74. The first kappa shape index (κ1) is 35.3. The molecule has 270 valence electrons. The van der Waals surface area contributed by atoms with E-state index in [-0.39, 0.29) is 22.9 Å². The predicted octanol–water partition coefficient (Wildman–Crippen LogP) is 12.7. The van der Waals surface area contributed by atoms with Crippen molar-refractivity contribution in [3.8, 4) is 11.1 Å². The zero-order valence-corrected chi connectivity index (χ0v) is 32.4. The number of nitrogens with zero attached hydrogens (tertiary/aromatic N) is 4. The van der Waals surface area contributed by atoms with Crippen molar-refractivity contribution in [1.82, 2.24) is 0 Å². The quantitative estimate of drug-likeness (QED) is 0.165. The largest absolute Gasteiger partial charge is 0.257 e. The molecule has 6 aromatic carbocycles. The van der Waals surface area contributed by atoms with Gasteiger partial charge in [-0.25, -0.2) is 0 Å². The van der Waals surface area contributed by atoms with Crippen molar-refractivity contribution in [2.75, 3.05) is 10.0 Å². The zero-order valence-electron chi connectivity index (χ0n) is 32.4. The highest BCUT2D eigenvalue weighted by Gasteiger charge is 2.32. The van der Waals surface area contributed by atoms with Crippen molar-refractivity contribution >= 4 is 22.8 Å². The van der Waals surface area contributed by atoms with Crippen molar-refractivity contribution in [2.45, 2.75) is 77.3 Å². The molecule has 6 aromatic rings. The molecule has 8 rings (SSSR count). The number of hydrogen-bond donors (Lipinski definition) is 0. The van der Waals surface area contributed by atoms with Crippen LogP contribution in [0.2, 0.25) is 0 Å². The van der Waals surface area contributed by atoms with Gasteiger partial charge in [0.25, 0.3) is 0 Å². The van der Waals surface area contributed by atoms with E-state index in [0.29, 0.717) is 0 Å². The summed E-state index contributed by atoms with van der Waals surface area (Å²) in [6, 6.07) is 57.4. The molecule has 0 saturated carbocycles. The SMILES string of the molecule is CC(C)(C)c1ccc(C2=NN(c3ccccc3)C(c3ccc(-c4ccc(C5CC(c6ccc(C(C)(C)C)cc6)=NN5c5ccccc5)cc4)cc3)C2)cc1. The minimum Gasteiger partial charge on any atom is -0.257 e. The highest BCUT2D eigenvalue weighted by Crippen LogP contribution is 2.40. The summed E-state index contributed by atoms with van der Waals surface area (Å²) < 4.78 is 0. The molecular weight excluding hydrogens is 657 g/mol. The molecule has 2 aliphatic heterocycles. The lowest BCUT2D eigenvalue weighted by Gasteiger charge is -2.24. The van der Waals surface area contributed by atoms with E-state index in [1.165, 1.54) is 44.5 Å². The minimum atomic E-state index is 0.117. The molecule has 0 fully saturated rings. The topological polar surface area (TPSA) is 31.2 Å². The summed E-state index contributed by atoms with van der Waals surface area (Å²) in [7, 11) is 0. The second-order valence-electron chi connectivity index (χ2n) is 16.8. The Balaban J connectivity index is 1.02. The van der Waals surface area contributed by atoms with Crippen molar-refractivity contribution in [1.29, 1.82) is 0 Å². The fraction of sp³-hybridized carbons (Fsp3) is 0.240. The molecule has 2 atom stereocenters. The van der Waals surface area contributed by atoms with Gasteiger partial charge in [0.1, 0.15) is 0 Å². The van der Waals surface area contributed by atoms with Gasteiger partial charge in [-0.2, -0.15) is 10.2 Å². The first-order valence-electron chi connectivity index (χ1n) is 19.3. The van der Waals surface area contributed by atoms with Gasteiger partial charge < -0.3 is 0 Å². The molecular formula is C50H50N4. The number of hydrazone groups is 2. The van der Waals surface area contributed by atoms with Gasteiger partial charge in [-0.15, -0.1) is 0 Å². The maximum Gasteiger partial charge on any atom is 0.0831 e. The van der Waals surface area contributed by atoms with Gasteiger partial charge in [0.2, 0.25) is 0 Å². The molecule has 4 nitrogen and oxygen atoms in total. The van der Waals surface area contributed by atoms with Crippen LogP contribution in [0.5, 0.6) is 0 Å². The van der Waals surface area contributed by atoms with E-state index in [9.17, 15) is 0 Å². The Morgan fingerprint density at radius 3 is 1.02 bits per heavy atom. The van der Waals surface area contributed by atoms with Gasteiger partial charge in [-0.1, -0.05) is 175 Å². The average Bonchev–Trinajstić information content (AvgIpc) is 3.85. The lowest BCUT2D eigenvalue weighted by atomic mass is 9.86. The molecule has 0 saturated heterocycles. The van der Waals surface area contributed by atoms with E-state index in [2.05, 4.69) is 209 Å². The standard InChI is InChI=1S/C50H50N4/c1-49(2,3)41-29-25-37(26-30-41)45-33-47(53(51-45)43-13-9-7-10-14-43)39-21-17-35(18-22-39)36-19-23-40(24-20-36)48-34-46(52-54(48)44-15-11-8-12-16-44)38-27-31-42(32-28-38)50(4,5)6/h7-32,47-48H,33-34H2,1-6H3. The number of para-hydroxylation sites is 2. The summed E-state index contributed by atoms with van der Waals surface area (Å²) in [6.07, 6.45) is 1.70. The average molecular weight is 707 g/mol. The summed E-state index contributed by atoms with van der Waals surface area (Å²) >= 11 is 0. The third-order valence-corrected chi connectivity index (χ3v) is 11.0. The molecule has 0 amide bonds. The first-order valence-corrected chi connectivity index (χ1v) is 19.3. The third-order valence-electron chi connectivity index (χ3n) is 11.0. The van der Waals surface area contributed by atoms with Crippen molar-refractivity contribution in [3.05, 3.63) is 191 Å². The van der Waals surface area contributed by atoms with Gasteiger partial charge in [0.15, 0.2) is 0 Å². The second kappa shape index (κ2) is 14.2. The zero-order chi connectivity index (χ0) is 37.5. The van der Waals surface area contributed by atoms with Crippen molar-refractivity contribution in [2.24, 2.45) is 10.2 Å². The lowest BCUT2D eigenvalue weighted by molar-refractivity contribution is 0.590. The Labute approximate surface area is 321 Å². The molecule has 2 heterocycles. The van der Waals surface area contributed by atoms with Gasteiger partial charge >= 0.3 is 0 Å². The van der Waals surface area contributed by atoms with E-state index in [4.69, 9.17) is 10.2 Å². The Morgan fingerprint density at radius 2 is 0.704 bits per heavy atom. The summed E-state index contributed by atoms with van der Waals surface area (Å²) in [5.41, 5.74) is 14.7. The molecule has 0 N–H and O–H groups in total. The van der Waals surface area contributed by atoms with Crippen LogP contribution in [0, 0.1) is 0 Å². The maximum atomic E-state index is 5.21. The van der Waals surface area contributed by atoms with Crippen LogP contribution < -0.4 is 10.0 Å². The monoisotopic (exact) mass is 706 g/mol. The Kier molecular flexibility index (Phi) is 9.31. The molecule has 4 heteroatoms. The van der Waals surface area contributed by atoms with Crippen molar-refractivity contribution < 1.29 is 0 Å². The Bertz CT molecular complexity index is 2090. The highest BCUT2D eigenvalue weighted by atomic mass is 15.5. The minimum absolute atomic E-state index is 0.117. The van der Waals surface area contributed by atoms with Crippen molar-refractivity contribution in [3.63, 3.8) is 0 Å².